The van der Waals surface area contributed by atoms with Crippen molar-refractivity contribution in [1.82, 2.24) is 15.5 Å². The Hall–Kier alpha value is -0.910. The molecule has 2 heterocycles. The van der Waals surface area contributed by atoms with Crippen LogP contribution < -0.4 is 10.6 Å². The molecule has 19 heavy (non-hydrogen) atoms. The third kappa shape index (κ3) is 3.35. The summed E-state index contributed by atoms with van der Waals surface area (Å²) in [4.78, 5) is 15.9. The maximum Gasteiger partial charge on any atom is 0.240 e. The highest BCUT2D eigenvalue weighted by atomic mass is 32.1. The van der Waals surface area contributed by atoms with Gasteiger partial charge in [-0.3, -0.25) is 9.69 Å². The van der Waals surface area contributed by atoms with Gasteiger partial charge in [0.15, 0.2) is 0 Å². The van der Waals surface area contributed by atoms with Gasteiger partial charge in [0.2, 0.25) is 5.91 Å². The minimum Gasteiger partial charge on any atom is -0.350 e. The van der Waals surface area contributed by atoms with Crippen molar-refractivity contribution in [3.63, 3.8) is 0 Å². The van der Waals surface area contributed by atoms with E-state index in [4.69, 9.17) is 0 Å². The topological polar surface area (TPSA) is 44.4 Å². The lowest BCUT2D eigenvalue weighted by Crippen LogP contribution is -2.59. The fourth-order valence-corrected chi connectivity index (χ4v) is 3.18. The number of carbonyl (C=O) groups excluding carboxylic acids is 1. The lowest BCUT2D eigenvalue weighted by atomic mass is 10.0. The summed E-state index contributed by atoms with van der Waals surface area (Å²) in [5.74, 6) is 0.113. The Labute approximate surface area is 119 Å². The van der Waals surface area contributed by atoms with E-state index in [-0.39, 0.29) is 5.91 Å². The van der Waals surface area contributed by atoms with Crippen molar-refractivity contribution >= 4 is 17.2 Å². The second kappa shape index (κ2) is 6.03. The van der Waals surface area contributed by atoms with Crippen LogP contribution in [-0.4, -0.2) is 42.5 Å². The third-order valence-electron chi connectivity index (χ3n) is 3.84. The molecule has 0 aliphatic carbocycles. The van der Waals surface area contributed by atoms with Crippen molar-refractivity contribution in [2.24, 2.45) is 0 Å². The predicted molar refractivity (Wildman–Crippen MR) is 79.4 cm³/mol. The highest BCUT2D eigenvalue weighted by Crippen LogP contribution is 2.18. The largest absolute Gasteiger partial charge is 0.350 e. The molecular formula is C14H23N3OS. The van der Waals surface area contributed by atoms with Gasteiger partial charge in [-0.1, -0.05) is 0 Å². The highest BCUT2D eigenvalue weighted by molar-refractivity contribution is 7.10. The van der Waals surface area contributed by atoms with Crippen molar-refractivity contribution in [3.8, 4) is 0 Å². The first-order chi connectivity index (χ1) is 9.01. The Bertz CT molecular complexity index is 436. The van der Waals surface area contributed by atoms with Crippen LogP contribution in [0.15, 0.2) is 11.4 Å². The normalized spacial score (nSPS) is 17.4. The van der Waals surface area contributed by atoms with Gasteiger partial charge >= 0.3 is 0 Å². The second-order valence-electron chi connectivity index (χ2n) is 5.51. The van der Waals surface area contributed by atoms with Crippen LogP contribution >= 0.6 is 11.3 Å². The zero-order valence-electron chi connectivity index (χ0n) is 12.0. The first kappa shape index (κ1) is 14.5. The van der Waals surface area contributed by atoms with Crippen molar-refractivity contribution in [3.05, 3.63) is 21.9 Å². The van der Waals surface area contributed by atoms with Crippen LogP contribution in [0.1, 0.15) is 24.3 Å². The van der Waals surface area contributed by atoms with Gasteiger partial charge in [-0.2, -0.15) is 0 Å². The molecular weight excluding hydrogens is 258 g/mol. The lowest BCUT2D eigenvalue weighted by Gasteiger charge is -2.39. The number of piperazine rings is 1. The number of nitrogens with one attached hydrogen (secondary N) is 2. The highest BCUT2D eigenvalue weighted by Gasteiger charge is 2.34. The van der Waals surface area contributed by atoms with Crippen LogP contribution in [-0.2, 0) is 11.3 Å². The Morgan fingerprint density at radius 3 is 2.74 bits per heavy atom. The van der Waals surface area contributed by atoms with E-state index < -0.39 is 5.54 Å². The first-order valence-electron chi connectivity index (χ1n) is 6.79. The predicted octanol–water partition coefficient (Wildman–Crippen LogP) is 1.36. The van der Waals surface area contributed by atoms with E-state index in [1.54, 1.807) is 11.3 Å². The zero-order chi connectivity index (χ0) is 13.9. The number of hydrogen-bond donors (Lipinski definition) is 2. The molecule has 0 unspecified atom stereocenters. The van der Waals surface area contributed by atoms with Gasteiger partial charge in [0.05, 0.1) is 12.1 Å². The Morgan fingerprint density at radius 2 is 2.16 bits per heavy atom. The van der Waals surface area contributed by atoms with Crippen LogP contribution in [0.2, 0.25) is 0 Å². The summed E-state index contributed by atoms with van der Waals surface area (Å²) in [6, 6.07) is 2.09. The average molecular weight is 281 g/mol. The van der Waals surface area contributed by atoms with Gasteiger partial charge in [-0.05, 0) is 37.8 Å². The van der Waals surface area contributed by atoms with Crippen LogP contribution in [0.3, 0.4) is 0 Å². The summed E-state index contributed by atoms with van der Waals surface area (Å²) >= 11 is 1.70. The Balaban J connectivity index is 1.92. The van der Waals surface area contributed by atoms with Crippen molar-refractivity contribution < 1.29 is 4.79 Å². The molecule has 1 aliphatic heterocycles. The molecule has 0 aromatic carbocycles. The van der Waals surface area contributed by atoms with Gasteiger partial charge in [0, 0.05) is 31.1 Å². The van der Waals surface area contributed by atoms with Gasteiger partial charge in [-0.25, -0.2) is 0 Å². The summed E-state index contributed by atoms with van der Waals surface area (Å²) in [5, 5.41) is 8.46. The first-order valence-corrected chi connectivity index (χ1v) is 7.67. The molecule has 1 fully saturated rings. The van der Waals surface area contributed by atoms with Crippen molar-refractivity contribution in [2.45, 2.75) is 32.9 Å². The zero-order valence-corrected chi connectivity index (χ0v) is 12.8. The molecule has 0 atom stereocenters. The van der Waals surface area contributed by atoms with E-state index in [1.807, 2.05) is 13.8 Å². The van der Waals surface area contributed by atoms with E-state index in [9.17, 15) is 4.79 Å². The standard InChI is InChI=1S/C14H23N3OS/c1-11-4-9-19-12(11)10-16-13(18)14(2,3)17-7-5-15-6-8-17/h4,9,15H,5-8,10H2,1-3H3,(H,16,18). The summed E-state index contributed by atoms with van der Waals surface area (Å²) in [6.45, 7) is 10.5. The van der Waals surface area contributed by atoms with Crippen LogP contribution in [0.25, 0.3) is 0 Å². The number of amides is 1. The number of rotatable bonds is 4. The third-order valence-corrected chi connectivity index (χ3v) is 4.86. The second-order valence-corrected chi connectivity index (χ2v) is 6.51. The molecule has 0 radical (unpaired) electrons. The van der Waals surface area contributed by atoms with Crippen LogP contribution in [0, 0.1) is 6.92 Å². The lowest BCUT2D eigenvalue weighted by molar-refractivity contribution is -0.132. The molecule has 0 bridgehead atoms. The van der Waals surface area contributed by atoms with Crippen molar-refractivity contribution in [2.75, 3.05) is 26.2 Å². The van der Waals surface area contributed by atoms with Crippen molar-refractivity contribution in [1.29, 1.82) is 0 Å². The fraction of sp³-hybridized carbons (Fsp3) is 0.643. The molecule has 1 aliphatic rings. The quantitative estimate of drug-likeness (QED) is 0.876. The molecule has 4 nitrogen and oxygen atoms in total. The number of aryl methyl sites for hydroxylation is 1. The number of thiophene rings is 1. The molecule has 2 rings (SSSR count). The molecule has 0 spiro atoms. The molecule has 1 aromatic rings. The van der Waals surface area contributed by atoms with Gasteiger partial charge in [0.1, 0.15) is 0 Å². The Morgan fingerprint density at radius 1 is 1.47 bits per heavy atom. The number of hydrogen-bond acceptors (Lipinski definition) is 4. The van der Waals surface area contributed by atoms with E-state index in [0.29, 0.717) is 6.54 Å². The smallest absolute Gasteiger partial charge is 0.240 e. The van der Waals surface area contributed by atoms with E-state index in [2.05, 4.69) is 33.9 Å². The Kier molecular flexibility index (Phi) is 4.60. The van der Waals surface area contributed by atoms with Gasteiger partial charge < -0.3 is 10.6 Å². The molecule has 5 heteroatoms. The molecule has 1 saturated heterocycles. The molecule has 0 saturated carbocycles. The minimum atomic E-state index is -0.437. The maximum absolute atomic E-state index is 12.4. The van der Waals surface area contributed by atoms with Crippen LogP contribution in [0.5, 0.6) is 0 Å². The minimum absolute atomic E-state index is 0.113. The van der Waals surface area contributed by atoms with E-state index in [1.165, 1.54) is 10.4 Å². The fourth-order valence-electron chi connectivity index (χ4n) is 2.33. The average Bonchev–Trinajstić information content (AvgIpc) is 2.82. The summed E-state index contributed by atoms with van der Waals surface area (Å²) in [5.41, 5.74) is 0.818. The van der Waals surface area contributed by atoms with Gasteiger partial charge in [-0.15, -0.1) is 11.3 Å². The number of carbonyl (C=O) groups is 1. The van der Waals surface area contributed by atoms with Gasteiger partial charge in [0.25, 0.3) is 0 Å². The molecule has 2 N–H and O–H groups in total. The van der Waals surface area contributed by atoms with Crippen LogP contribution in [0.4, 0.5) is 0 Å². The molecule has 106 valence electrons. The summed E-state index contributed by atoms with van der Waals surface area (Å²) in [6.07, 6.45) is 0. The molecule has 1 amide bonds. The SMILES string of the molecule is Cc1ccsc1CNC(=O)C(C)(C)N1CCNCC1. The number of nitrogens with zero attached hydrogens (tertiary/aromatic N) is 1. The monoisotopic (exact) mass is 281 g/mol. The maximum atomic E-state index is 12.4. The summed E-state index contributed by atoms with van der Waals surface area (Å²) < 4.78 is 0. The molecule has 1 aromatic heterocycles. The summed E-state index contributed by atoms with van der Waals surface area (Å²) in [7, 11) is 0. The van der Waals surface area contributed by atoms with E-state index >= 15 is 0 Å². The van der Waals surface area contributed by atoms with E-state index in [0.717, 1.165) is 26.2 Å².